The van der Waals surface area contributed by atoms with Crippen molar-refractivity contribution in [1.29, 1.82) is 0 Å². The SMILES string of the molecule is Cc1cc(N2CCC(NC(=O)Cc3ccc4c(c3)CCO4)C2=O)n(C)n1. The van der Waals surface area contributed by atoms with Gasteiger partial charge in [-0.2, -0.15) is 5.10 Å². The second-order valence-corrected chi connectivity index (χ2v) is 6.88. The van der Waals surface area contributed by atoms with E-state index < -0.39 is 6.04 Å². The molecule has 1 fully saturated rings. The molecule has 136 valence electrons. The number of nitrogens with one attached hydrogen (secondary N) is 1. The van der Waals surface area contributed by atoms with Crippen LogP contribution in [0.1, 0.15) is 23.2 Å². The number of aryl methyl sites for hydroxylation is 2. The third-order valence-corrected chi connectivity index (χ3v) is 4.91. The Morgan fingerprint density at radius 3 is 3.00 bits per heavy atom. The zero-order valence-electron chi connectivity index (χ0n) is 15.0. The number of carbonyl (C=O) groups excluding carboxylic acids is 2. The van der Waals surface area contributed by atoms with Crippen LogP contribution in [0.2, 0.25) is 0 Å². The maximum atomic E-state index is 12.7. The van der Waals surface area contributed by atoms with Crippen molar-refractivity contribution in [3.05, 3.63) is 41.1 Å². The molecule has 2 amide bonds. The van der Waals surface area contributed by atoms with E-state index in [1.165, 1.54) is 0 Å². The van der Waals surface area contributed by atoms with Gasteiger partial charge in [0.05, 0.1) is 18.7 Å². The van der Waals surface area contributed by atoms with E-state index in [1.54, 1.807) is 9.58 Å². The highest BCUT2D eigenvalue weighted by atomic mass is 16.5. The topological polar surface area (TPSA) is 76.5 Å². The number of anilines is 1. The molecule has 0 aliphatic carbocycles. The second kappa shape index (κ2) is 6.48. The van der Waals surface area contributed by atoms with E-state index in [1.807, 2.05) is 38.2 Å². The predicted octanol–water partition coefficient (Wildman–Crippen LogP) is 1.13. The molecule has 0 saturated carbocycles. The molecule has 1 saturated heterocycles. The molecule has 1 unspecified atom stereocenters. The summed E-state index contributed by atoms with van der Waals surface area (Å²) in [7, 11) is 1.82. The molecule has 4 rings (SSSR count). The number of hydrogen-bond donors (Lipinski definition) is 1. The molecule has 0 spiro atoms. The summed E-state index contributed by atoms with van der Waals surface area (Å²) in [6.07, 6.45) is 1.75. The number of amides is 2. The van der Waals surface area contributed by atoms with Crippen LogP contribution in [0.15, 0.2) is 24.3 Å². The van der Waals surface area contributed by atoms with Gasteiger partial charge >= 0.3 is 0 Å². The summed E-state index contributed by atoms with van der Waals surface area (Å²) in [6, 6.07) is 7.25. The van der Waals surface area contributed by atoms with Crippen molar-refractivity contribution in [1.82, 2.24) is 15.1 Å². The summed E-state index contributed by atoms with van der Waals surface area (Å²) >= 11 is 0. The monoisotopic (exact) mass is 354 g/mol. The predicted molar refractivity (Wildman–Crippen MR) is 96.2 cm³/mol. The lowest BCUT2D eigenvalue weighted by Gasteiger charge is -2.17. The average molecular weight is 354 g/mol. The van der Waals surface area contributed by atoms with Crippen LogP contribution in [0.5, 0.6) is 5.75 Å². The lowest BCUT2D eigenvalue weighted by atomic mass is 10.1. The minimum absolute atomic E-state index is 0.0799. The van der Waals surface area contributed by atoms with Crippen LogP contribution in [-0.2, 0) is 29.5 Å². The van der Waals surface area contributed by atoms with E-state index in [4.69, 9.17) is 4.74 Å². The summed E-state index contributed by atoms with van der Waals surface area (Å²) in [4.78, 5) is 26.8. The largest absolute Gasteiger partial charge is 0.493 e. The van der Waals surface area contributed by atoms with Gasteiger partial charge in [0.2, 0.25) is 5.91 Å². The number of hydrogen-bond acceptors (Lipinski definition) is 4. The maximum Gasteiger partial charge on any atom is 0.250 e. The van der Waals surface area contributed by atoms with Crippen LogP contribution < -0.4 is 15.0 Å². The molecule has 3 heterocycles. The average Bonchev–Trinajstić information content (AvgIpc) is 3.27. The Balaban J connectivity index is 1.39. The Labute approximate surface area is 151 Å². The van der Waals surface area contributed by atoms with Crippen LogP contribution >= 0.6 is 0 Å². The van der Waals surface area contributed by atoms with Crippen molar-refractivity contribution >= 4 is 17.6 Å². The van der Waals surface area contributed by atoms with Gasteiger partial charge in [0.15, 0.2) is 0 Å². The first-order chi connectivity index (χ1) is 12.5. The van der Waals surface area contributed by atoms with Gasteiger partial charge in [-0.05, 0) is 30.5 Å². The Bertz CT molecular complexity index is 874. The molecule has 2 aliphatic heterocycles. The summed E-state index contributed by atoms with van der Waals surface area (Å²) < 4.78 is 7.19. The van der Waals surface area contributed by atoms with Crippen molar-refractivity contribution in [2.75, 3.05) is 18.1 Å². The number of benzene rings is 1. The normalized spacial score (nSPS) is 18.8. The minimum atomic E-state index is -0.476. The first kappa shape index (κ1) is 16.6. The van der Waals surface area contributed by atoms with Gasteiger partial charge in [0, 0.05) is 26.1 Å². The quantitative estimate of drug-likeness (QED) is 0.893. The van der Waals surface area contributed by atoms with Gasteiger partial charge in [0.1, 0.15) is 17.6 Å². The van der Waals surface area contributed by atoms with Gasteiger partial charge in [-0.1, -0.05) is 12.1 Å². The molecule has 7 heteroatoms. The number of fused-ring (bicyclic) bond motifs is 1. The summed E-state index contributed by atoms with van der Waals surface area (Å²) in [5.41, 5.74) is 2.95. The van der Waals surface area contributed by atoms with Crippen LogP contribution in [0, 0.1) is 6.92 Å². The third kappa shape index (κ3) is 3.05. The zero-order chi connectivity index (χ0) is 18.3. The van der Waals surface area contributed by atoms with Gasteiger partial charge in [-0.3, -0.25) is 19.2 Å². The Morgan fingerprint density at radius 2 is 2.23 bits per heavy atom. The molecule has 7 nitrogen and oxygen atoms in total. The fourth-order valence-electron chi connectivity index (χ4n) is 3.67. The first-order valence-corrected chi connectivity index (χ1v) is 8.87. The molecule has 1 atom stereocenters. The van der Waals surface area contributed by atoms with E-state index in [0.29, 0.717) is 19.6 Å². The molecule has 1 aromatic heterocycles. The van der Waals surface area contributed by atoms with Gasteiger partial charge in [0.25, 0.3) is 5.91 Å². The summed E-state index contributed by atoms with van der Waals surface area (Å²) in [5, 5.41) is 7.17. The van der Waals surface area contributed by atoms with Crippen molar-refractivity contribution in [3.8, 4) is 5.75 Å². The molecular weight excluding hydrogens is 332 g/mol. The van der Waals surface area contributed by atoms with E-state index in [2.05, 4.69) is 10.4 Å². The van der Waals surface area contributed by atoms with Crippen molar-refractivity contribution in [2.45, 2.75) is 32.2 Å². The zero-order valence-corrected chi connectivity index (χ0v) is 15.0. The molecular formula is C19H22N4O3. The molecule has 26 heavy (non-hydrogen) atoms. The number of aromatic nitrogens is 2. The van der Waals surface area contributed by atoms with Gasteiger partial charge in [-0.15, -0.1) is 0 Å². The third-order valence-electron chi connectivity index (χ3n) is 4.91. The molecule has 1 N–H and O–H groups in total. The van der Waals surface area contributed by atoms with Crippen LogP contribution in [0.25, 0.3) is 0 Å². The number of carbonyl (C=O) groups is 2. The van der Waals surface area contributed by atoms with Crippen molar-refractivity contribution in [3.63, 3.8) is 0 Å². The van der Waals surface area contributed by atoms with Crippen LogP contribution in [-0.4, -0.2) is 40.8 Å². The van der Waals surface area contributed by atoms with E-state index in [0.717, 1.165) is 34.8 Å². The van der Waals surface area contributed by atoms with Crippen LogP contribution in [0.3, 0.4) is 0 Å². The standard InChI is InChI=1S/C19H22N4O3/c1-12-9-18(22(2)21-12)23-7-5-15(19(23)25)20-17(24)11-13-3-4-16-14(10-13)6-8-26-16/h3-4,9-10,15H,5-8,11H2,1-2H3,(H,20,24). The fraction of sp³-hybridized carbons (Fsp3) is 0.421. The van der Waals surface area contributed by atoms with Crippen molar-refractivity contribution in [2.24, 2.45) is 7.05 Å². The molecule has 0 bridgehead atoms. The molecule has 0 radical (unpaired) electrons. The molecule has 1 aromatic carbocycles. The number of ether oxygens (including phenoxy) is 1. The second-order valence-electron chi connectivity index (χ2n) is 6.88. The maximum absolute atomic E-state index is 12.7. The minimum Gasteiger partial charge on any atom is -0.493 e. The summed E-state index contributed by atoms with van der Waals surface area (Å²) in [5.74, 6) is 1.46. The van der Waals surface area contributed by atoms with E-state index in [-0.39, 0.29) is 18.2 Å². The van der Waals surface area contributed by atoms with Crippen LogP contribution in [0.4, 0.5) is 5.82 Å². The fourth-order valence-corrected chi connectivity index (χ4v) is 3.67. The van der Waals surface area contributed by atoms with Gasteiger partial charge < -0.3 is 10.1 Å². The lowest BCUT2D eigenvalue weighted by molar-refractivity contribution is -0.126. The summed E-state index contributed by atoms with van der Waals surface area (Å²) in [6.45, 7) is 3.18. The number of rotatable bonds is 4. The van der Waals surface area contributed by atoms with E-state index in [9.17, 15) is 9.59 Å². The highest BCUT2D eigenvalue weighted by Crippen LogP contribution is 2.26. The molecule has 2 aromatic rings. The van der Waals surface area contributed by atoms with Gasteiger partial charge in [-0.25, -0.2) is 0 Å². The lowest BCUT2D eigenvalue weighted by Crippen LogP contribution is -2.42. The number of nitrogens with zero attached hydrogens (tertiary/aromatic N) is 3. The van der Waals surface area contributed by atoms with E-state index >= 15 is 0 Å². The Kier molecular flexibility index (Phi) is 4.14. The highest BCUT2D eigenvalue weighted by molar-refractivity contribution is 6.00. The Hall–Kier alpha value is -2.83. The van der Waals surface area contributed by atoms with Crippen molar-refractivity contribution < 1.29 is 14.3 Å². The Morgan fingerprint density at radius 1 is 1.38 bits per heavy atom. The smallest absolute Gasteiger partial charge is 0.250 e. The molecule has 2 aliphatic rings. The first-order valence-electron chi connectivity index (χ1n) is 8.87. The highest BCUT2D eigenvalue weighted by Gasteiger charge is 2.35.